The molecule has 5 nitrogen and oxygen atoms in total. The van der Waals surface area contributed by atoms with E-state index in [0.29, 0.717) is 16.4 Å². The number of nitrogens with one attached hydrogen (secondary N) is 1. The molecule has 23 heavy (non-hydrogen) atoms. The highest BCUT2D eigenvalue weighted by Crippen LogP contribution is 2.24. The summed E-state index contributed by atoms with van der Waals surface area (Å²) in [6, 6.07) is 7.18. The first-order chi connectivity index (χ1) is 11.1. The van der Waals surface area contributed by atoms with Gasteiger partial charge in [-0.05, 0) is 43.9 Å². The molecule has 2 aromatic rings. The molecule has 120 valence electrons. The molecule has 0 bridgehead atoms. The Hall–Kier alpha value is -2.14. The van der Waals surface area contributed by atoms with Crippen molar-refractivity contribution < 1.29 is 4.79 Å². The van der Waals surface area contributed by atoms with Crippen molar-refractivity contribution in [3.8, 4) is 0 Å². The minimum Gasteiger partial charge on any atom is -0.357 e. The van der Waals surface area contributed by atoms with Crippen LogP contribution in [-0.4, -0.2) is 29.0 Å². The second-order valence-electron chi connectivity index (χ2n) is 5.68. The van der Waals surface area contributed by atoms with Crippen LogP contribution >= 0.6 is 11.6 Å². The van der Waals surface area contributed by atoms with Crippen LogP contribution in [0.5, 0.6) is 0 Å². The van der Waals surface area contributed by atoms with E-state index in [4.69, 9.17) is 11.6 Å². The van der Waals surface area contributed by atoms with Gasteiger partial charge in [-0.3, -0.25) is 4.79 Å². The number of hydrogen-bond donors (Lipinski definition) is 1. The normalized spacial score (nSPS) is 14.6. The summed E-state index contributed by atoms with van der Waals surface area (Å²) in [5.41, 5.74) is 1.90. The van der Waals surface area contributed by atoms with Gasteiger partial charge in [-0.1, -0.05) is 17.7 Å². The standard InChI is InChI=1S/C17H19ClN4O/c1-12-13(18)6-5-7-14(12)21-17(23)15-10-16(20-11-19-15)22-8-3-2-4-9-22/h5-7,10-11H,2-4,8-9H2,1H3,(H,21,23). The quantitative estimate of drug-likeness (QED) is 0.932. The highest BCUT2D eigenvalue weighted by molar-refractivity contribution is 6.31. The molecule has 6 heteroatoms. The van der Waals surface area contributed by atoms with E-state index in [-0.39, 0.29) is 5.91 Å². The van der Waals surface area contributed by atoms with Crippen LogP contribution in [0, 0.1) is 6.92 Å². The lowest BCUT2D eigenvalue weighted by Gasteiger charge is -2.27. The van der Waals surface area contributed by atoms with Gasteiger partial charge in [0.15, 0.2) is 0 Å². The van der Waals surface area contributed by atoms with Gasteiger partial charge < -0.3 is 10.2 Å². The maximum absolute atomic E-state index is 12.4. The van der Waals surface area contributed by atoms with Crippen LogP contribution in [0.3, 0.4) is 0 Å². The Kier molecular flexibility index (Phi) is 4.76. The minimum absolute atomic E-state index is 0.254. The highest BCUT2D eigenvalue weighted by atomic mass is 35.5. The number of nitrogens with zero attached hydrogens (tertiary/aromatic N) is 3. The molecule has 1 aromatic carbocycles. The van der Waals surface area contributed by atoms with Crippen molar-refractivity contribution in [3.05, 3.63) is 46.9 Å². The van der Waals surface area contributed by atoms with Crippen molar-refractivity contribution in [2.75, 3.05) is 23.3 Å². The van der Waals surface area contributed by atoms with Crippen LogP contribution < -0.4 is 10.2 Å². The van der Waals surface area contributed by atoms with E-state index in [9.17, 15) is 4.79 Å². The van der Waals surface area contributed by atoms with Crippen LogP contribution in [0.4, 0.5) is 11.5 Å². The summed E-state index contributed by atoms with van der Waals surface area (Å²) in [6.45, 7) is 3.83. The van der Waals surface area contributed by atoms with E-state index in [1.165, 1.54) is 12.7 Å². The van der Waals surface area contributed by atoms with Crippen LogP contribution in [0.2, 0.25) is 5.02 Å². The third-order valence-electron chi connectivity index (χ3n) is 4.08. The van der Waals surface area contributed by atoms with E-state index >= 15 is 0 Å². The number of carbonyl (C=O) groups is 1. The molecule has 1 amide bonds. The molecular formula is C17H19ClN4O. The lowest BCUT2D eigenvalue weighted by Crippen LogP contribution is -2.30. The molecule has 1 fully saturated rings. The number of rotatable bonds is 3. The van der Waals surface area contributed by atoms with E-state index in [2.05, 4.69) is 20.2 Å². The summed E-state index contributed by atoms with van der Waals surface area (Å²) in [5, 5.41) is 3.49. The fourth-order valence-corrected chi connectivity index (χ4v) is 2.87. The molecule has 2 heterocycles. The molecule has 0 saturated carbocycles. The number of benzene rings is 1. The first kappa shape index (κ1) is 15.7. The second-order valence-corrected chi connectivity index (χ2v) is 6.08. The van der Waals surface area contributed by atoms with Crippen LogP contribution in [0.25, 0.3) is 0 Å². The Bertz CT molecular complexity index is 713. The topological polar surface area (TPSA) is 58.1 Å². The first-order valence-electron chi connectivity index (χ1n) is 7.78. The van der Waals surface area contributed by atoms with Gasteiger partial charge in [0.2, 0.25) is 0 Å². The van der Waals surface area contributed by atoms with E-state index in [1.807, 2.05) is 19.1 Å². The average Bonchev–Trinajstić information content (AvgIpc) is 2.60. The van der Waals surface area contributed by atoms with Gasteiger partial charge in [0, 0.05) is 29.9 Å². The summed E-state index contributed by atoms with van der Waals surface area (Å²) in [4.78, 5) is 23.0. The van der Waals surface area contributed by atoms with E-state index in [0.717, 1.165) is 37.3 Å². The van der Waals surface area contributed by atoms with Crippen molar-refractivity contribution in [2.45, 2.75) is 26.2 Å². The molecule has 0 radical (unpaired) electrons. The van der Waals surface area contributed by atoms with E-state index < -0.39 is 0 Å². The van der Waals surface area contributed by atoms with Gasteiger partial charge >= 0.3 is 0 Å². The van der Waals surface area contributed by atoms with Gasteiger partial charge in [0.1, 0.15) is 17.8 Å². The number of carbonyl (C=O) groups excluding carboxylic acids is 1. The Morgan fingerprint density at radius 3 is 2.78 bits per heavy atom. The molecule has 0 atom stereocenters. The van der Waals surface area contributed by atoms with Crippen LogP contribution in [0.15, 0.2) is 30.6 Å². The summed E-state index contributed by atoms with van der Waals surface area (Å²) in [6.07, 6.45) is 5.02. The molecule has 1 saturated heterocycles. The summed E-state index contributed by atoms with van der Waals surface area (Å²) in [7, 11) is 0. The van der Waals surface area contributed by atoms with Gasteiger partial charge in [0.25, 0.3) is 5.91 Å². The number of piperidine rings is 1. The fourth-order valence-electron chi connectivity index (χ4n) is 2.70. The number of anilines is 2. The number of amides is 1. The number of halogens is 1. The highest BCUT2D eigenvalue weighted by Gasteiger charge is 2.16. The smallest absolute Gasteiger partial charge is 0.274 e. The van der Waals surface area contributed by atoms with E-state index in [1.54, 1.807) is 12.1 Å². The lowest BCUT2D eigenvalue weighted by atomic mass is 10.1. The molecule has 0 aliphatic carbocycles. The molecule has 1 aliphatic heterocycles. The zero-order chi connectivity index (χ0) is 16.2. The summed E-state index contributed by atoms with van der Waals surface area (Å²) < 4.78 is 0. The third kappa shape index (κ3) is 3.62. The average molecular weight is 331 g/mol. The zero-order valence-corrected chi connectivity index (χ0v) is 13.8. The third-order valence-corrected chi connectivity index (χ3v) is 4.49. The minimum atomic E-state index is -0.254. The van der Waals surface area contributed by atoms with Crippen molar-refractivity contribution in [2.24, 2.45) is 0 Å². The first-order valence-corrected chi connectivity index (χ1v) is 8.16. The van der Waals surface area contributed by atoms with Gasteiger partial charge in [-0.2, -0.15) is 0 Å². The molecular weight excluding hydrogens is 312 g/mol. The molecule has 0 unspecified atom stereocenters. The lowest BCUT2D eigenvalue weighted by molar-refractivity contribution is 0.102. The van der Waals surface area contributed by atoms with Crippen LogP contribution in [-0.2, 0) is 0 Å². The Morgan fingerprint density at radius 1 is 1.22 bits per heavy atom. The van der Waals surface area contributed by atoms with Gasteiger partial charge in [-0.25, -0.2) is 9.97 Å². The Morgan fingerprint density at radius 2 is 2.00 bits per heavy atom. The Balaban J connectivity index is 1.78. The summed E-state index contributed by atoms with van der Waals surface area (Å²) in [5.74, 6) is 0.559. The van der Waals surface area contributed by atoms with Crippen LogP contribution in [0.1, 0.15) is 35.3 Å². The van der Waals surface area contributed by atoms with Crippen molar-refractivity contribution in [1.82, 2.24) is 9.97 Å². The predicted octanol–water partition coefficient (Wildman–Crippen LogP) is 3.68. The molecule has 1 aromatic heterocycles. The maximum Gasteiger partial charge on any atom is 0.274 e. The molecule has 1 aliphatic rings. The Labute approximate surface area is 140 Å². The fraction of sp³-hybridized carbons (Fsp3) is 0.353. The summed E-state index contributed by atoms with van der Waals surface area (Å²) >= 11 is 6.09. The monoisotopic (exact) mass is 330 g/mol. The van der Waals surface area contributed by atoms with Crippen molar-refractivity contribution >= 4 is 29.0 Å². The molecule has 1 N–H and O–H groups in total. The zero-order valence-electron chi connectivity index (χ0n) is 13.1. The van der Waals surface area contributed by atoms with Crippen molar-refractivity contribution in [1.29, 1.82) is 0 Å². The maximum atomic E-state index is 12.4. The molecule has 3 rings (SSSR count). The second kappa shape index (κ2) is 6.96. The number of aromatic nitrogens is 2. The van der Waals surface area contributed by atoms with Gasteiger partial charge in [-0.15, -0.1) is 0 Å². The molecule has 0 spiro atoms. The number of hydrogen-bond acceptors (Lipinski definition) is 4. The predicted molar refractivity (Wildman–Crippen MR) is 92.2 cm³/mol. The SMILES string of the molecule is Cc1c(Cl)cccc1NC(=O)c1cc(N2CCCCC2)ncn1. The van der Waals surface area contributed by atoms with Gasteiger partial charge in [0.05, 0.1) is 0 Å². The largest absolute Gasteiger partial charge is 0.357 e. The van der Waals surface area contributed by atoms with Crippen molar-refractivity contribution in [3.63, 3.8) is 0 Å².